The Hall–Kier alpha value is -13.9. The lowest BCUT2D eigenvalue weighted by molar-refractivity contribution is 0.569. The van der Waals surface area contributed by atoms with Crippen molar-refractivity contribution in [3.8, 4) is 173 Å². The quantitative estimate of drug-likeness (QED) is 0.0920. The van der Waals surface area contributed by atoms with Crippen molar-refractivity contribution < 1.29 is 0 Å². The van der Waals surface area contributed by atoms with Gasteiger partial charge in [-0.3, -0.25) is 44.4 Å². The van der Waals surface area contributed by atoms with E-state index in [-0.39, 0.29) is 21.7 Å². The lowest BCUT2D eigenvalue weighted by Crippen LogP contribution is -2.12. The molecule has 17 rings (SSSR count). The number of hydrogen-bond donors (Lipinski definition) is 0. The van der Waals surface area contributed by atoms with Gasteiger partial charge in [0.25, 0.3) is 0 Å². The Bertz CT molecular complexity index is 5750. The largest absolute Gasteiger partial charge is 0.293 e. The standard InChI is InChI=1S/C106H91N11/c1-103(2,3)97-46-38-72(62-111-97)93-42-34-68(58-107-93)83-24-13-17-28-87(83)76-52-77(88-29-18-14-25-84(88)69-35-43-94(108-59-69)73-39-47-98(112-63-73)104(4,5)6)55-80(54-76)91-32-23-33-92(101(91)82-66-115-102(116-67-82)117-50-21-22-51-117)81-56-78(89-30-19-15-26-85(89)70-36-44-95(109-60-70)74-40-48-99(113-64-74)105(7,8)9)53-79(57-81)90-31-20-16-27-86(90)71-37-45-96(110-61-71)75-41-49-100(114-65-75)106(10,11)12/h13-67H,1-12H3. The molecule has 0 spiro atoms. The molecule has 10 heterocycles. The van der Waals surface area contributed by atoms with Crippen LogP contribution in [0, 0.1) is 0 Å². The van der Waals surface area contributed by atoms with Crippen LogP contribution in [0.4, 0.5) is 0 Å². The van der Waals surface area contributed by atoms with E-state index in [2.05, 4.69) is 332 Å². The van der Waals surface area contributed by atoms with Crippen LogP contribution >= 0.6 is 0 Å². The molecule has 11 nitrogen and oxygen atoms in total. The van der Waals surface area contributed by atoms with E-state index >= 15 is 0 Å². The first-order valence-corrected chi connectivity index (χ1v) is 40.0. The number of pyridine rings is 8. The van der Waals surface area contributed by atoms with Gasteiger partial charge in [0.1, 0.15) is 0 Å². The van der Waals surface area contributed by atoms with Gasteiger partial charge in [-0.1, -0.05) is 223 Å². The van der Waals surface area contributed by atoms with Crippen molar-refractivity contribution in [1.29, 1.82) is 0 Å². The van der Waals surface area contributed by atoms with E-state index in [1.807, 2.05) is 91.1 Å². The molecule has 0 fully saturated rings. The van der Waals surface area contributed by atoms with Crippen LogP contribution in [0.25, 0.3) is 173 Å². The first-order valence-electron chi connectivity index (χ1n) is 40.0. The fourth-order valence-electron chi connectivity index (χ4n) is 15.4. The predicted octanol–water partition coefficient (Wildman–Crippen LogP) is 26.6. The molecule has 0 aliphatic carbocycles. The molecule has 0 N–H and O–H groups in total. The Morgan fingerprint density at radius 3 is 0.615 bits per heavy atom. The van der Waals surface area contributed by atoms with Gasteiger partial charge in [-0.15, -0.1) is 0 Å². The molecule has 10 aromatic heterocycles. The molecule has 0 aliphatic heterocycles. The highest BCUT2D eigenvalue weighted by Crippen LogP contribution is 2.48. The van der Waals surface area contributed by atoms with Crippen LogP contribution in [0.3, 0.4) is 0 Å². The maximum Gasteiger partial charge on any atom is 0.233 e. The number of hydrogen-bond acceptors (Lipinski definition) is 10. The molecule has 0 saturated carbocycles. The molecule has 0 aliphatic rings. The van der Waals surface area contributed by atoms with Gasteiger partial charge >= 0.3 is 0 Å². The minimum Gasteiger partial charge on any atom is -0.293 e. The third-order valence-corrected chi connectivity index (χ3v) is 21.9. The summed E-state index contributed by atoms with van der Waals surface area (Å²) in [6, 6.07) is 93.5. The smallest absolute Gasteiger partial charge is 0.233 e. The highest BCUT2D eigenvalue weighted by Gasteiger charge is 2.25. The number of aromatic nitrogens is 11. The van der Waals surface area contributed by atoms with E-state index in [1.54, 1.807) is 0 Å². The first-order chi connectivity index (χ1) is 56.5. The predicted molar refractivity (Wildman–Crippen MR) is 480 cm³/mol. The monoisotopic (exact) mass is 1520 g/mol. The zero-order valence-corrected chi connectivity index (χ0v) is 68.2. The van der Waals surface area contributed by atoms with Gasteiger partial charge in [0.05, 0.1) is 22.8 Å². The van der Waals surface area contributed by atoms with Crippen molar-refractivity contribution in [3.05, 3.63) is 358 Å². The summed E-state index contributed by atoms with van der Waals surface area (Å²) in [4.78, 5) is 50.4. The van der Waals surface area contributed by atoms with E-state index in [0.717, 1.165) is 190 Å². The maximum absolute atomic E-state index is 5.18. The van der Waals surface area contributed by atoms with Crippen LogP contribution in [-0.4, -0.2) is 54.4 Å². The van der Waals surface area contributed by atoms with Gasteiger partial charge in [0.15, 0.2) is 0 Å². The van der Waals surface area contributed by atoms with Gasteiger partial charge in [0.2, 0.25) is 5.95 Å². The van der Waals surface area contributed by atoms with Crippen LogP contribution in [0.5, 0.6) is 0 Å². The molecule has 0 bridgehead atoms. The third-order valence-electron chi connectivity index (χ3n) is 21.9. The summed E-state index contributed by atoms with van der Waals surface area (Å²) < 4.78 is 1.94. The molecular formula is C106H91N11. The summed E-state index contributed by atoms with van der Waals surface area (Å²) >= 11 is 0. The molecule has 0 radical (unpaired) electrons. The number of rotatable bonds is 16. The average molecular weight is 1520 g/mol. The van der Waals surface area contributed by atoms with Gasteiger partial charge in [-0.05, 0) is 210 Å². The van der Waals surface area contributed by atoms with Crippen LogP contribution < -0.4 is 0 Å². The molecule has 0 amide bonds. The lowest BCUT2D eigenvalue weighted by Gasteiger charge is -2.21. The molecule has 0 saturated heterocycles. The molecular weight excluding hydrogens is 1430 g/mol. The number of benzene rings is 7. The second-order valence-electron chi connectivity index (χ2n) is 34.3. The Labute approximate surface area is 686 Å². The van der Waals surface area contributed by atoms with Crippen LogP contribution in [-0.2, 0) is 21.7 Å². The van der Waals surface area contributed by atoms with Gasteiger partial charge < -0.3 is 0 Å². The van der Waals surface area contributed by atoms with E-state index in [0.29, 0.717) is 5.95 Å². The van der Waals surface area contributed by atoms with E-state index in [4.69, 9.17) is 49.8 Å². The van der Waals surface area contributed by atoms with E-state index in [9.17, 15) is 0 Å². The zero-order chi connectivity index (χ0) is 80.7. The summed E-state index contributed by atoms with van der Waals surface area (Å²) in [5.74, 6) is 0.559. The highest BCUT2D eigenvalue weighted by atomic mass is 15.1. The normalized spacial score (nSPS) is 11.9. The first kappa shape index (κ1) is 75.8. The van der Waals surface area contributed by atoms with Crippen molar-refractivity contribution in [2.24, 2.45) is 0 Å². The van der Waals surface area contributed by atoms with E-state index < -0.39 is 0 Å². The summed E-state index contributed by atoms with van der Waals surface area (Å²) in [7, 11) is 0. The van der Waals surface area contributed by atoms with Crippen molar-refractivity contribution in [2.75, 3.05) is 0 Å². The van der Waals surface area contributed by atoms with E-state index in [1.165, 1.54) is 0 Å². The Balaban J connectivity index is 0.862. The fraction of sp³-hybridized carbons (Fsp3) is 0.151. The maximum atomic E-state index is 5.18. The fourth-order valence-corrected chi connectivity index (χ4v) is 15.4. The average Bonchev–Trinajstić information content (AvgIpc) is 1.22. The molecule has 117 heavy (non-hydrogen) atoms. The molecule has 0 unspecified atom stereocenters. The topological polar surface area (TPSA) is 134 Å². The summed E-state index contributed by atoms with van der Waals surface area (Å²) in [6.07, 6.45) is 23.6. The summed E-state index contributed by atoms with van der Waals surface area (Å²) in [6.45, 7) is 26.2. The minimum atomic E-state index is -0.0785. The van der Waals surface area contributed by atoms with Crippen LogP contribution in [0.15, 0.2) is 335 Å². The summed E-state index contributed by atoms with van der Waals surface area (Å²) in [5.41, 5.74) is 33.1. The summed E-state index contributed by atoms with van der Waals surface area (Å²) in [5, 5.41) is 0. The SMILES string of the molecule is CC(C)(C)c1ccc(-c2ccc(-c3ccccc3-c3cc(-c4ccccc4-c4ccc(-c5ccc(C(C)(C)C)nc5)nc4)cc(-c4cccc(-c5cc(-c6ccccc6-c6ccc(-c7ccc(C(C)(C)C)nc7)nc6)cc(-c6ccccc6-c6ccc(-c7ccc(C(C)(C)C)nc7)nc6)c5)c4-c4cnc(-n5cccc5)nc4)c3)cn2)cn1. The van der Waals surface area contributed by atoms with Crippen molar-refractivity contribution in [1.82, 2.24) is 54.4 Å². The molecule has 0 atom stereocenters. The van der Waals surface area contributed by atoms with Gasteiger partial charge in [-0.2, -0.15) is 0 Å². The zero-order valence-electron chi connectivity index (χ0n) is 68.2. The Kier molecular flexibility index (Phi) is 20.2. The Morgan fingerprint density at radius 1 is 0.179 bits per heavy atom. The molecule has 570 valence electrons. The Morgan fingerprint density at radius 2 is 0.393 bits per heavy atom. The van der Waals surface area contributed by atoms with Crippen molar-refractivity contribution in [3.63, 3.8) is 0 Å². The minimum absolute atomic E-state index is 0.0785. The second kappa shape index (κ2) is 31.1. The second-order valence-corrected chi connectivity index (χ2v) is 34.3. The molecule has 11 heteroatoms. The van der Waals surface area contributed by atoms with Crippen molar-refractivity contribution in [2.45, 2.75) is 105 Å². The highest BCUT2D eigenvalue weighted by molar-refractivity contribution is 6.01. The molecule has 17 aromatic rings. The van der Waals surface area contributed by atoms with Crippen LogP contribution in [0.2, 0.25) is 0 Å². The van der Waals surface area contributed by atoms with Crippen molar-refractivity contribution >= 4 is 0 Å². The van der Waals surface area contributed by atoms with Gasteiger partial charge in [-0.25, -0.2) is 9.97 Å². The third kappa shape index (κ3) is 16.0. The van der Waals surface area contributed by atoms with Gasteiger partial charge in [0, 0.05) is 174 Å². The lowest BCUT2D eigenvalue weighted by atomic mass is 9.83. The van der Waals surface area contributed by atoms with Crippen LogP contribution in [0.1, 0.15) is 106 Å². The molecule has 7 aromatic carbocycles. The number of nitrogens with zero attached hydrogens (tertiary/aromatic N) is 11.